The molecule has 6 nitrogen and oxygen atoms in total. The fourth-order valence-electron chi connectivity index (χ4n) is 5.70. The monoisotopic (exact) mass is 488 g/mol. The third kappa shape index (κ3) is 4.07. The second-order valence-electron chi connectivity index (χ2n) is 9.52. The number of pyridine rings is 1. The van der Waals surface area contributed by atoms with Crippen molar-refractivity contribution < 1.29 is 18.4 Å². The molecular weight excluding hydrogens is 462 g/mol. The number of halogens is 3. The summed E-state index contributed by atoms with van der Waals surface area (Å²) in [5, 5.41) is 6.37. The van der Waals surface area contributed by atoms with Gasteiger partial charge in [0.25, 0.3) is 12.3 Å². The lowest BCUT2D eigenvalue weighted by Gasteiger charge is -2.32. The van der Waals surface area contributed by atoms with Crippen molar-refractivity contribution in [2.45, 2.75) is 50.0 Å². The van der Waals surface area contributed by atoms with Crippen molar-refractivity contribution >= 4 is 29.1 Å². The Kier molecular flexibility index (Phi) is 6.29. The first-order valence-corrected chi connectivity index (χ1v) is 12.1. The largest absolute Gasteiger partial charge is 0.349 e. The minimum Gasteiger partial charge on any atom is -0.349 e. The zero-order valence-electron chi connectivity index (χ0n) is 18.7. The summed E-state index contributed by atoms with van der Waals surface area (Å²) in [5.41, 5.74) is 0.946. The molecule has 2 amide bonds. The van der Waals surface area contributed by atoms with Crippen molar-refractivity contribution in [3.8, 4) is 0 Å². The number of alkyl halides is 2. The van der Waals surface area contributed by atoms with Gasteiger partial charge in [-0.3, -0.25) is 14.6 Å². The lowest BCUT2D eigenvalue weighted by Crippen LogP contribution is -2.45. The van der Waals surface area contributed by atoms with E-state index in [1.54, 1.807) is 0 Å². The molecular formula is C25H27ClF2N4O2. The third-order valence-electron chi connectivity index (χ3n) is 7.48. The predicted molar refractivity (Wildman–Crippen MR) is 125 cm³/mol. The van der Waals surface area contributed by atoms with Gasteiger partial charge in [-0.2, -0.15) is 0 Å². The highest BCUT2D eigenvalue weighted by Crippen LogP contribution is 2.46. The summed E-state index contributed by atoms with van der Waals surface area (Å²) in [6.45, 7) is 2.18. The number of carbonyl (C=O) groups is 2. The van der Waals surface area contributed by atoms with Gasteiger partial charge in [0.05, 0.1) is 16.0 Å². The van der Waals surface area contributed by atoms with Crippen molar-refractivity contribution in [2.24, 2.45) is 5.92 Å². The summed E-state index contributed by atoms with van der Waals surface area (Å²) in [6.07, 6.45) is 2.23. The number of anilines is 1. The van der Waals surface area contributed by atoms with Gasteiger partial charge in [-0.1, -0.05) is 29.8 Å². The molecule has 2 N–H and O–H groups in total. The highest BCUT2D eigenvalue weighted by Gasteiger charge is 2.52. The maximum absolute atomic E-state index is 13.5. The molecule has 1 saturated heterocycles. The van der Waals surface area contributed by atoms with E-state index in [2.05, 4.69) is 21.7 Å². The summed E-state index contributed by atoms with van der Waals surface area (Å²) in [7, 11) is 0. The highest BCUT2D eigenvalue weighted by atomic mass is 35.5. The number of hydrogen-bond acceptors (Lipinski definition) is 4. The maximum Gasteiger partial charge on any atom is 0.281 e. The molecule has 2 aromatic rings. The van der Waals surface area contributed by atoms with E-state index in [4.69, 9.17) is 11.6 Å². The Hall–Kier alpha value is -2.58. The fourth-order valence-corrected chi connectivity index (χ4v) is 5.86. The highest BCUT2D eigenvalue weighted by molar-refractivity contribution is 6.30. The standard InChI is InChI=1S/C25H27ClF2N4O2/c26-16-11-18(21(22(27)28)30-12-16)23(33)31-17-7-5-15(6-8-17)13-32-20-4-2-1-3-19(20)25(24(32)34)9-10-29-14-25/h1-4,11-12,15,17,22,29H,5-10,13-14H2,(H,31,33). The molecule has 1 aliphatic carbocycles. The molecule has 0 bridgehead atoms. The molecule has 1 unspecified atom stereocenters. The molecule has 1 atom stereocenters. The molecule has 3 aliphatic rings. The van der Waals surface area contributed by atoms with Crippen LogP contribution in [0.4, 0.5) is 14.5 Å². The van der Waals surface area contributed by atoms with Crippen LogP contribution in [0.5, 0.6) is 0 Å². The third-order valence-corrected chi connectivity index (χ3v) is 7.69. The average molecular weight is 489 g/mol. The summed E-state index contributed by atoms with van der Waals surface area (Å²) >= 11 is 5.88. The van der Waals surface area contributed by atoms with E-state index in [-0.39, 0.29) is 22.5 Å². The normalized spacial score (nSPS) is 26.4. The predicted octanol–water partition coefficient (Wildman–Crippen LogP) is 4.24. The summed E-state index contributed by atoms with van der Waals surface area (Å²) in [4.78, 5) is 31.8. The Morgan fingerprint density at radius 3 is 2.74 bits per heavy atom. The molecule has 180 valence electrons. The Morgan fingerprint density at radius 1 is 1.26 bits per heavy atom. The van der Waals surface area contributed by atoms with Crippen LogP contribution in [0.3, 0.4) is 0 Å². The molecule has 9 heteroatoms. The quantitative estimate of drug-likeness (QED) is 0.660. The van der Waals surface area contributed by atoms with E-state index < -0.39 is 23.4 Å². The molecule has 1 spiro atoms. The first-order valence-electron chi connectivity index (χ1n) is 11.8. The van der Waals surface area contributed by atoms with E-state index in [0.717, 1.165) is 56.1 Å². The molecule has 3 heterocycles. The number of fused-ring (bicyclic) bond motifs is 2. The van der Waals surface area contributed by atoms with Crippen LogP contribution in [0.1, 0.15) is 60.1 Å². The van der Waals surface area contributed by atoms with Gasteiger partial charge in [-0.05, 0) is 62.3 Å². The Morgan fingerprint density at radius 2 is 2.03 bits per heavy atom. The summed E-state index contributed by atoms with van der Waals surface area (Å²) < 4.78 is 26.5. The van der Waals surface area contributed by atoms with Gasteiger partial charge in [0.1, 0.15) is 5.69 Å². The Balaban J connectivity index is 1.22. The van der Waals surface area contributed by atoms with Crippen LogP contribution in [-0.4, -0.2) is 42.5 Å². The van der Waals surface area contributed by atoms with E-state index in [9.17, 15) is 18.4 Å². The average Bonchev–Trinajstić information content (AvgIpc) is 3.41. The van der Waals surface area contributed by atoms with Crippen molar-refractivity contribution in [3.63, 3.8) is 0 Å². The van der Waals surface area contributed by atoms with E-state index in [0.29, 0.717) is 19.0 Å². The van der Waals surface area contributed by atoms with Gasteiger partial charge in [0.2, 0.25) is 5.91 Å². The SMILES string of the molecule is O=C(NC1CCC(CN2C(=O)C3(CCNC3)c3ccccc32)CC1)c1cc(Cl)cnc1C(F)F. The number of nitrogens with one attached hydrogen (secondary N) is 2. The smallest absolute Gasteiger partial charge is 0.281 e. The molecule has 5 rings (SSSR count). The topological polar surface area (TPSA) is 74.3 Å². The Labute approximate surface area is 202 Å². The van der Waals surface area contributed by atoms with Gasteiger partial charge in [0, 0.05) is 31.0 Å². The van der Waals surface area contributed by atoms with Crippen molar-refractivity contribution in [3.05, 3.63) is 58.4 Å². The van der Waals surface area contributed by atoms with Crippen molar-refractivity contribution in [2.75, 3.05) is 24.5 Å². The van der Waals surface area contributed by atoms with Gasteiger partial charge in [-0.15, -0.1) is 0 Å². The van der Waals surface area contributed by atoms with E-state index >= 15 is 0 Å². The first kappa shape index (κ1) is 23.2. The fraction of sp³-hybridized carbons (Fsp3) is 0.480. The lowest BCUT2D eigenvalue weighted by atomic mass is 9.81. The van der Waals surface area contributed by atoms with Gasteiger partial charge >= 0.3 is 0 Å². The van der Waals surface area contributed by atoms with Crippen LogP contribution in [0.25, 0.3) is 0 Å². The van der Waals surface area contributed by atoms with Crippen LogP contribution in [-0.2, 0) is 10.2 Å². The number of benzene rings is 1. The second-order valence-corrected chi connectivity index (χ2v) is 9.96. The number of carbonyl (C=O) groups excluding carboxylic acids is 2. The Bertz CT molecular complexity index is 1100. The van der Waals surface area contributed by atoms with Crippen LogP contribution >= 0.6 is 11.6 Å². The van der Waals surface area contributed by atoms with Gasteiger partial charge < -0.3 is 15.5 Å². The number of amides is 2. The minimum atomic E-state index is -2.85. The molecule has 1 aromatic carbocycles. The minimum absolute atomic E-state index is 0.111. The molecule has 1 saturated carbocycles. The molecule has 2 aliphatic heterocycles. The maximum atomic E-state index is 13.5. The molecule has 34 heavy (non-hydrogen) atoms. The van der Waals surface area contributed by atoms with Crippen molar-refractivity contribution in [1.29, 1.82) is 0 Å². The summed E-state index contributed by atoms with van der Waals surface area (Å²) in [5.74, 6) is -0.0747. The van der Waals surface area contributed by atoms with Crippen LogP contribution in [0.15, 0.2) is 36.5 Å². The molecule has 1 aromatic heterocycles. The van der Waals surface area contributed by atoms with Crippen LogP contribution in [0, 0.1) is 5.92 Å². The molecule has 0 radical (unpaired) electrons. The first-order chi connectivity index (χ1) is 16.4. The number of rotatable bonds is 5. The van der Waals surface area contributed by atoms with Gasteiger partial charge in [0.15, 0.2) is 0 Å². The van der Waals surface area contributed by atoms with Crippen LogP contribution < -0.4 is 15.5 Å². The lowest BCUT2D eigenvalue weighted by molar-refractivity contribution is -0.122. The zero-order chi connectivity index (χ0) is 23.9. The van der Waals surface area contributed by atoms with E-state index in [1.165, 1.54) is 6.07 Å². The van der Waals surface area contributed by atoms with Crippen molar-refractivity contribution in [1.82, 2.24) is 15.6 Å². The van der Waals surface area contributed by atoms with E-state index in [1.807, 2.05) is 23.1 Å². The molecule has 2 fully saturated rings. The van der Waals surface area contributed by atoms with Crippen LogP contribution in [0.2, 0.25) is 5.02 Å². The van der Waals surface area contributed by atoms with Gasteiger partial charge in [-0.25, -0.2) is 8.78 Å². The second kappa shape index (κ2) is 9.23. The summed E-state index contributed by atoms with van der Waals surface area (Å²) in [6, 6.07) is 9.21. The number of para-hydroxylation sites is 1. The number of aromatic nitrogens is 1. The number of hydrogen-bond donors (Lipinski definition) is 2. The zero-order valence-corrected chi connectivity index (χ0v) is 19.5. The number of nitrogens with zero attached hydrogens (tertiary/aromatic N) is 2.